The van der Waals surface area contributed by atoms with Gasteiger partial charge in [0.2, 0.25) is 0 Å². The number of thiazole rings is 1. The molecule has 1 aromatic carbocycles. The van der Waals surface area contributed by atoms with Crippen molar-refractivity contribution in [1.82, 2.24) is 24.6 Å². The fourth-order valence-electron chi connectivity index (χ4n) is 3.57. The van der Waals surface area contributed by atoms with E-state index in [1.165, 1.54) is 0 Å². The van der Waals surface area contributed by atoms with Gasteiger partial charge in [0, 0.05) is 31.1 Å². The first-order valence-corrected chi connectivity index (χ1v) is 10.7. The van der Waals surface area contributed by atoms with E-state index < -0.39 is 0 Å². The van der Waals surface area contributed by atoms with Crippen molar-refractivity contribution in [2.75, 3.05) is 0 Å². The van der Waals surface area contributed by atoms with Gasteiger partial charge in [-0.25, -0.2) is 14.5 Å². The summed E-state index contributed by atoms with van der Waals surface area (Å²) in [6, 6.07) is 5.63. The summed E-state index contributed by atoms with van der Waals surface area (Å²) >= 11 is 1.56. The van der Waals surface area contributed by atoms with Crippen molar-refractivity contribution in [2.24, 2.45) is 5.92 Å². The number of hydrogen-bond acceptors (Lipinski definition) is 5. The maximum Gasteiger partial charge on any atom is 0.345 e. The van der Waals surface area contributed by atoms with Crippen LogP contribution in [0.2, 0.25) is 0 Å². The summed E-state index contributed by atoms with van der Waals surface area (Å²) in [5.74, 6) is 1.28. The number of carbonyl (C=O) groups is 1. The monoisotopic (exact) mass is 399 g/mol. The fraction of sp³-hybridized carbons (Fsp3) is 0.500. The van der Waals surface area contributed by atoms with Crippen molar-refractivity contribution >= 4 is 27.5 Å². The Morgan fingerprint density at radius 2 is 2.21 bits per heavy atom. The van der Waals surface area contributed by atoms with Crippen LogP contribution in [-0.2, 0) is 19.5 Å². The van der Waals surface area contributed by atoms with Gasteiger partial charge in [0.25, 0.3) is 5.91 Å². The average Bonchev–Trinajstić information content (AvgIpc) is 3.20. The molecule has 8 heteroatoms. The van der Waals surface area contributed by atoms with Crippen molar-refractivity contribution in [2.45, 2.75) is 58.7 Å². The van der Waals surface area contributed by atoms with Crippen LogP contribution in [0.5, 0.6) is 0 Å². The molecule has 2 aromatic heterocycles. The second-order valence-electron chi connectivity index (χ2n) is 7.79. The molecule has 0 bridgehead atoms. The van der Waals surface area contributed by atoms with Gasteiger partial charge in [-0.05, 0) is 43.4 Å². The maximum atomic E-state index is 12.6. The van der Waals surface area contributed by atoms with E-state index in [-0.39, 0.29) is 17.6 Å². The van der Waals surface area contributed by atoms with Gasteiger partial charge in [0.1, 0.15) is 5.82 Å². The molecule has 0 saturated carbocycles. The third-order valence-electron chi connectivity index (χ3n) is 5.26. The first kappa shape index (κ1) is 18.9. The van der Waals surface area contributed by atoms with Gasteiger partial charge in [-0.15, -0.1) is 11.3 Å². The normalized spacial score (nSPS) is 16.9. The largest absolute Gasteiger partial charge is 0.349 e. The molecule has 28 heavy (non-hydrogen) atoms. The van der Waals surface area contributed by atoms with Crippen LogP contribution in [0.1, 0.15) is 49.3 Å². The van der Waals surface area contributed by atoms with Crippen LogP contribution in [0.3, 0.4) is 0 Å². The molecule has 0 radical (unpaired) electrons. The Bertz CT molecular complexity index is 1050. The van der Waals surface area contributed by atoms with Gasteiger partial charge >= 0.3 is 5.69 Å². The maximum absolute atomic E-state index is 12.6. The van der Waals surface area contributed by atoms with Crippen molar-refractivity contribution in [3.63, 3.8) is 0 Å². The summed E-state index contributed by atoms with van der Waals surface area (Å²) in [5, 5.41) is 7.65. The second-order valence-corrected chi connectivity index (χ2v) is 8.68. The van der Waals surface area contributed by atoms with Crippen molar-refractivity contribution in [3.05, 3.63) is 45.6 Å². The Morgan fingerprint density at radius 3 is 3.04 bits per heavy atom. The molecular weight excluding hydrogens is 374 g/mol. The zero-order valence-corrected chi connectivity index (χ0v) is 17.0. The lowest BCUT2D eigenvalue weighted by molar-refractivity contribution is 0.0933. The van der Waals surface area contributed by atoms with Gasteiger partial charge in [-0.3, -0.25) is 9.36 Å². The Labute approximate surface area is 167 Å². The topological polar surface area (TPSA) is 81.8 Å². The van der Waals surface area contributed by atoms with Crippen LogP contribution in [0, 0.1) is 5.92 Å². The van der Waals surface area contributed by atoms with E-state index in [0.29, 0.717) is 31.0 Å². The highest BCUT2D eigenvalue weighted by Gasteiger charge is 2.22. The lowest BCUT2D eigenvalue weighted by Crippen LogP contribution is -2.35. The predicted octanol–water partition coefficient (Wildman–Crippen LogP) is 2.84. The van der Waals surface area contributed by atoms with Crippen LogP contribution in [0.4, 0.5) is 0 Å². The van der Waals surface area contributed by atoms with Gasteiger partial charge < -0.3 is 5.32 Å². The molecule has 1 amide bonds. The van der Waals surface area contributed by atoms with Crippen molar-refractivity contribution in [1.29, 1.82) is 0 Å². The molecule has 0 fully saturated rings. The molecule has 1 aliphatic heterocycles. The average molecular weight is 400 g/mol. The highest BCUT2D eigenvalue weighted by molar-refractivity contribution is 7.16. The number of aryl methyl sites for hydroxylation is 2. The van der Waals surface area contributed by atoms with Crippen molar-refractivity contribution in [3.8, 4) is 0 Å². The van der Waals surface area contributed by atoms with Gasteiger partial charge in [0.05, 0.1) is 15.7 Å². The minimum atomic E-state index is -0.0891. The number of fused-ring (bicyclic) bond motifs is 2. The molecule has 1 unspecified atom stereocenters. The van der Waals surface area contributed by atoms with E-state index in [2.05, 4.69) is 29.2 Å². The summed E-state index contributed by atoms with van der Waals surface area (Å²) in [6.07, 6.45) is 3.15. The zero-order chi connectivity index (χ0) is 19.7. The number of hydrogen-bond donors (Lipinski definition) is 1. The number of nitrogens with one attached hydrogen (secondary N) is 1. The molecule has 0 spiro atoms. The van der Waals surface area contributed by atoms with E-state index in [4.69, 9.17) is 0 Å². The van der Waals surface area contributed by atoms with E-state index in [1.54, 1.807) is 26.1 Å². The molecule has 1 atom stereocenters. The van der Waals surface area contributed by atoms with E-state index in [9.17, 15) is 9.59 Å². The molecule has 0 aliphatic carbocycles. The molecule has 148 valence electrons. The Kier molecular flexibility index (Phi) is 5.30. The minimum Gasteiger partial charge on any atom is -0.349 e. The molecule has 1 aliphatic rings. The highest BCUT2D eigenvalue weighted by atomic mass is 32.1. The number of carbonyl (C=O) groups excluding carboxylic acids is 1. The van der Waals surface area contributed by atoms with Crippen LogP contribution in [0.15, 0.2) is 28.5 Å². The van der Waals surface area contributed by atoms with Crippen LogP contribution < -0.4 is 11.0 Å². The van der Waals surface area contributed by atoms with E-state index in [0.717, 1.165) is 35.3 Å². The third kappa shape index (κ3) is 3.87. The lowest BCUT2D eigenvalue weighted by Gasteiger charge is -2.16. The molecule has 4 rings (SSSR count). The molecule has 1 N–H and O–H groups in total. The lowest BCUT2D eigenvalue weighted by atomic mass is 10.1. The van der Waals surface area contributed by atoms with Crippen molar-refractivity contribution < 1.29 is 4.79 Å². The second kappa shape index (κ2) is 7.87. The SMILES string of the molecule is CC(C)CCn1nc2n(c1=O)CCC(NC(=O)c1ccc3scnc3c1)CC2. The minimum absolute atomic E-state index is 0.0309. The molecule has 3 heterocycles. The summed E-state index contributed by atoms with van der Waals surface area (Å²) in [4.78, 5) is 29.5. The third-order valence-corrected chi connectivity index (χ3v) is 6.07. The Hall–Kier alpha value is -2.48. The standard InChI is InChI=1S/C20H25N5O2S/c1-13(2)7-10-25-20(27)24-9-8-15(4-6-18(24)23-25)22-19(26)14-3-5-17-16(11-14)21-12-28-17/h3,5,11-13,15H,4,6-10H2,1-2H3,(H,22,26). The van der Waals surface area contributed by atoms with E-state index >= 15 is 0 Å². The zero-order valence-electron chi connectivity index (χ0n) is 16.2. The molecule has 0 saturated heterocycles. The first-order valence-electron chi connectivity index (χ1n) is 9.82. The quantitative estimate of drug-likeness (QED) is 0.715. The number of benzene rings is 1. The first-order chi connectivity index (χ1) is 13.5. The smallest absolute Gasteiger partial charge is 0.345 e. The van der Waals surface area contributed by atoms with Crippen LogP contribution >= 0.6 is 11.3 Å². The molecule has 3 aromatic rings. The summed E-state index contributed by atoms with van der Waals surface area (Å²) in [7, 11) is 0. The van der Waals surface area contributed by atoms with Gasteiger partial charge in [-0.2, -0.15) is 5.10 Å². The molecule has 7 nitrogen and oxygen atoms in total. The Morgan fingerprint density at radius 1 is 1.36 bits per heavy atom. The number of rotatable bonds is 5. The fourth-order valence-corrected chi connectivity index (χ4v) is 4.23. The summed E-state index contributed by atoms with van der Waals surface area (Å²) in [5.41, 5.74) is 3.22. The Balaban J connectivity index is 1.41. The predicted molar refractivity (Wildman–Crippen MR) is 110 cm³/mol. The van der Waals surface area contributed by atoms with Gasteiger partial charge in [0.15, 0.2) is 0 Å². The molecular formula is C20H25N5O2S. The number of amides is 1. The van der Waals surface area contributed by atoms with E-state index in [1.807, 2.05) is 18.2 Å². The van der Waals surface area contributed by atoms with Crippen LogP contribution in [0.25, 0.3) is 10.2 Å². The van der Waals surface area contributed by atoms with Crippen LogP contribution in [-0.4, -0.2) is 31.3 Å². The summed E-state index contributed by atoms with van der Waals surface area (Å²) in [6.45, 7) is 5.54. The van der Waals surface area contributed by atoms with Gasteiger partial charge in [-0.1, -0.05) is 13.8 Å². The number of aromatic nitrogens is 4. The number of nitrogens with zero attached hydrogens (tertiary/aromatic N) is 4. The summed E-state index contributed by atoms with van der Waals surface area (Å²) < 4.78 is 4.44. The highest BCUT2D eigenvalue weighted by Crippen LogP contribution is 2.19.